The number of hydrogen-bond donors (Lipinski definition) is 1. The average molecular weight is 375 g/mol. The predicted molar refractivity (Wildman–Crippen MR) is 122 cm³/mol. The lowest BCUT2D eigenvalue weighted by Crippen LogP contribution is -2.36. The van der Waals surface area contributed by atoms with Gasteiger partial charge in [0.15, 0.2) is 0 Å². The van der Waals surface area contributed by atoms with Crippen LogP contribution in [0.5, 0.6) is 0 Å². The Balaban J connectivity index is 2.02. The summed E-state index contributed by atoms with van der Waals surface area (Å²) in [7, 11) is 0. The second-order valence-corrected chi connectivity index (χ2v) is 8.93. The zero-order chi connectivity index (χ0) is 20.5. The number of amidine groups is 1. The highest BCUT2D eigenvalue weighted by Crippen LogP contribution is 2.45. The largest absolute Gasteiger partial charge is 0.340 e. The molecule has 0 amide bonds. The molecule has 0 aromatic carbocycles. The van der Waals surface area contributed by atoms with Gasteiger partial charge >= 0.3 is 0 Å². The van der Waals surface area contributed by atoms with E-state index in [4.69, 9.17) is 4.99 Å². The summed E-state index contributed by atoms with van der Waals surface area (Å²) >= 11 is 0. The van der Waals surface area contributed by atoms with Gasteiger partial charge in [-0.05, 0) is 73.7 Å². The fourth-order valence-electron chi connectivity index (χ4n) is 4.30. The molecule has 0 radical (unpaired) electrons. The van der Waals surface area contributed by atoms with E-state index in [0.717, 1.165) is 48.4 Å². The summed E-state index contributed by atoms with van der Waals surface area (Å²) in [5, 5.41) is 3.61. The van der Waals surface area contributed by atoms with E-state index in [0.29, 0.717) is 0 Å². The molecule has 1 N–H and O–H groups in total. The summed E-state index contributed by atoms with van der Waals surface area (Å²) in [4.78, 5) is 5.28. The highest BCUT2D eigenvalue weighted by Gasteiger charge is 2.38. The van der Waals surface area contributed by atoms with Gasteiger partial charge in [-0.2, -0.15) is 0 Å². The lowest BCUT2D eigenvalue weighted by atomic mass is 9.71. The van der Waals surface area contributed by atoms with Gasteiger partial charge in [0.1, 0.15) is 5.84 Å². The minimum absolute atomic E-state index is 0.119. The van der Waals surface area contributed by atoms with Crippen LogP contribution >= 0.6 is 0 Å². The van der Waals surface area contributed by atoms with Crippen molar-refractivity contribution >= 4 is 5.84 Å². The maximum atomic E-state index is 5.28. The fraction of sp³-hybridized carbons (Fsp3) is 0.423. The van der Waals surface area contributed by atoms with Crippen molar-refractivity contribution in [3.05, 3.63) is 83.2 Å². The summed E-state index contributed by atoms with van der Waals surface area (Å²) in [6.07, 6.45) is 14.3. The van der Waals surface area contributed by atoms with E-state index in [1.165, 1.54) is 23.1 Å². The molecule has 0 bridgehead atoms. The molecule has 0 aliphatic heterocycles. The number of rotatable bonds is 5. The molecule has 0 saturated carbocycles. The van der Waals surface area contributed by atoms with Gasteiger partial charge in [0.05, 0.1) is 6.04 Å². The summed E-state index contributed by atoms with van der Waals surface area (Å²) in [5.41, 5.74) is 8.56. The Morgan fingerprint density at radius 1 is 1.29 bits per heavy atom. The van der Waals surface area contributed by atoms with Gasteiger partial charge in [-0.1, -0.05) is 63.5 Å². The van der Waals surface area contributed by atoms with Crippen molar-refractivity contribution in [1.29, 1.82) is 0 Å². The molecule has 1 unspecified atom stereocenters. The first-order valence-corrected chi connectivity index (χ1v) is 10.4. The van der Waals surface area contributed by atoms with Crippen LogP contribution in [0.2, 0.25) is 0 Å². The summed E-state index contributed by atoms with van der Waals surface area (Å²) in [5.74, 6) is 0.843. The van der Waals surface area contributed by atoms with Crippen LogP contribution in [0, 0.1) is 5.41 Å². The van der Waals surface area contributed by atoms with Crippen molar-refractivity contribution in [3.63, 3.8) is 0 Å². The molecule has 148 valence electrons. The molecule has 0 saturated heterocycles. The molecule has 0 aromatic rings. The molecule has 3 aliphatic carbocycles. The number of allylic oxidation sites excluding steroid dienone is 6. The number of aliphatic imine (C=N–C) groups is 1. The highest BCUT2D eigenvalue weighted by atomic mass is 15.0. The third kappa shape index (κ3) is 3.92. The molecule has 3 aliphatic rings. The van der Waals surface area contributed by atoms with Crippen molar-refractivity contribution in [3.8, 4) is 0 Å². The lowest BCUT2D eigenvalue weighted by Gasteiger charge is -2.38. The van der Waals surface area contributed by atoms with Crippen molar-refractivity contribution in [2.45, 2.75) is 65.8 Å². The van der Waals surface area contributed by atoms with E-state index in [1.54, 1.807) is 5.57 Å². The van der Waals surface area contributed by atoms with Crippen LogP contribution in [0.3, 0.4) is 0 Å². The first-order chi connectivity index (χ1) is 13.2. The lowest BCUT2D eigenvalue weighted by molar-refractivity contribution is 0.277. The molecule has 0 aromatic heterocycles. The van der Waals surface area contributed by atoms with E-state index in [2.05, 4.69) is 64.1 Å². The van der Waals surface area contributed by atoms with Gasteiger partial charge in [0.2, 0.25) is 0 Å². The third-order valence-corrected chi connectivity index (χ3v) is 6.38. The zero-order valence-electron chi connectivity index (χ0n) is 18.0. The summed E-state index contributed by atoms with van der Waals surface area (Å²) < 4.78 is 0. The monoisotopic (exact) mass is 374 g/mol. The van der Waals surface area contributed by atoms with Crippen LogP contribution < -0.4 is 5.32 Å². The van der Waals surface area contributed by atoms with Crippen LogP contribution in [-0.2, 0) is 0 Å². The maximum absolute atomic E-state index is 5.28. The molecule has 0 heterocycles. The second-order valence-electron chi connectivity index (χ2n) is 8.93. The molecule has 28 heavy (non-hydrogen) atoms. The van der Waals surface area contributed by atoms with E-state index < -0.39 is 0 Å². The molecule has 2 nitrogen and oxygen atoms in total. The van der Waals surface area contributed by atoms with E-state index in [9.17, 15) is 0 Å². The van der Waals surface area contributed by atoms with E-state index in [1.807, 2.05) is 13.0 Å². The zero-order valence-corrected chi connectivity index (χ0v) is 18.0. The van der Waals surface area contributed by atoms with Crippen LogP contribution in [0.25, 0.3) is 0 Å². The van der Waals surface area contributed by atoms with Crippen LogP contribution in [-0.4, -0.2) is 11.9 Å². The minimum atomic E-state index is 0.119. The third-order valence-electron chi connectivity index (χ3n) is 6.38. The quantitative estimate of drug-likeness (QED) is 0.322. The van der Waals surface area contributed by atoms with Crippen molar-refractivity contribution in [2.75, 3.05) is 0 Å². The van der Waals surface area contributed by atoms with Gasteiger partial charge in [0.25, 0.3) is 0 Å². The molecule has 2 heteroatoms. The topological polar surface area (TPSA) is 24.4 Å². The molecule has 1 atom stereocenters. The van der Waals surface area contributed by atoms with Crippen molar-refractivity contribution < 1.29 is 0 Å². The van der Waals surface area contributed by atoms with Gasteiger partial charge < -0.3 is 5.32 Å². The smallest absolute Gasteiger partial charge is 0.132 e. The maximum Gasteiger partial charge on any atom is 0.132 e. The van der Waals surface area contributed by atoms with Crippen LogP contribution in [0.15, 0.2) is 88.2 Å². The highest BCUT2D eigenvalue weighted by molar-refractivity contribution is 6.03. The number of nitrogens with one attached hydrogen (secondary N) is 1. The van der Waals surface area contributed by atoms with E-state index >= 15 is 0 Å². The van der Waals surface area contributed by atoms with Gasteiger partial charge in [0, 0.05) is 11.3 Å². The van der Waals surface area contributed by atoms with Gasteiger partial charge in [-0.25, -0.2) is 0 Å². The van der Waals surface area contributed by atoms with Crippen LogP contribution in [0.4, 0.5) is 0 Å². The van der Waals surface area contributed by atoms with Crippen molar-refractivity contribution in [1.82, 2.24) is 5.32 Å². The number of nitrogens with zero attached hydrogens (tertiary/aromatic N) is 1. The Kier molecular flexibility index (Phi) is 5.79. The molecular weight excluding hydrogens is 340 g/mol. The first-order valence-electron chi connectivity index (χ1n) is 10.4. The predicted octanol–water partition coefficient (Wildman–Crippen LogP) is 6.73. The standard InChI is InChI=1S/C26H34N2/c1-8-20-11-10-14-23(19(20)5)27-25(18(4)17(2)3)28-24-22-13-9-12-21(22)15-16-26(24,6)7/h8-9,13-14,24H,1-2,4,10-12,15-16H2,3,5-7H3,(H,27,28). The Morgan fingerprint density at radius 2 is 2.04 bits per heavy atom. The Hall–Kier alpha value is -2.35. The first kappa shape index (κ1) is 20.4. The Labute approximate surface area is 170 Å². The SMILES string of the molecule is C=CC1=C(C)C(NC(=NC2C3=C(CC=C3)CCC2(C)C)C(=C)C(=C)C)=CCC1. The second kappa shape index (κ2) is 7.95. The van der Waals surface area contributed by atoms with E-state index in [-0.39, 0.29) is 11.5 Å². The van der Waals surface area contributed by atoms with Crippen molar-refractivity contribution in [2.24, 2.45) is 10.4 Å². The number of hydrogen-bond acceptors (Lipinski definition) is 1. The van der Waals surface area contributed by atoms with Crippen LogP contribution in [0.1, 0.15) is 59.8 Å². The Bertz CT molecular complexity index is 868. The minimum Gasteiger partial charge on any atom is -0.340 e. The molecule has 0 fully saturated rings. The molecule has 3 rings (SSSR count). The normalized spacial score (nSPS) is 24.1. The molecular formula is C26H34N2. The van der Waals surface area contributed by atoms with Gasteiger partial charge in [-0.3, -0.25) is 4.99 Å². The fourth-order valence-corrected chi connectivity index (χ4v) is 4.30. The summed E-state index contributed by atoms with van der Waals surface area (Å²) in [6.45, 7) is 21.2. The summed E-state index contributed by atoms with van der Waals surface area (Å²) in [6, 6.07) is 0.140. The average Bonchev–Trinajstić information content (AvgIpc) is 3.12. The Morgan fingerprint density at radius 3 is 2.71 bits per heavy atom. The van der Waals surface area contributed by atoms with Gasteiger partial charge in [-0.15, -0.1) is 0 Å². The molecule has 0 spiro atoms.